The summed E-state index contributed by atoms with van der Waals surface area (Å²) >= 11 is 7.98. The first kappa shape index (κ1) is 8.83. The Bertz CT molecular complexity index is 263. The molecule has 0 radical (unpaired) electrons. The number of carboxylic acid groups (broad SMARTS) is 1. The lowest BCUT2D eigenvalue weighted by atomic mass is 10.8. The summed E-state index contributed by atoms with van der Waals surface area (Å²) in [4.78, 5) is 14.0. The van der Waals surface area contributed by atoms with Gasteiger partial charge in [-0.05, 0) is 0 Å². The second kappa shape index (κ2) is 3.94. The summed E-state index contributed by atoms with van der Waals surface area (Å²) in [5.41, 5.74) is 0. The van der Waals surface area contributed by atoms with E-state index >= 15 is 0 Å². The van der Waals surface area contributed by atoms with Crippen LogP contribution in [0, 0.1) is 0 Å². The van der Waals surface area contributed by atoms with Crippen molar-refractivity contribution >= 4 is 40.7 Å². The lowest BCUT2D eigenvalue weighted by molar-refractivity contribution is -0.133. The second-order valence-electron chi connectivity index (χ2n) is 1.62. The molecular weight excluding hydrogens is 206 g/mol. The molecule has 0 fully saturated rings. The lowest BCUT2D eigenvalue weighted by Crippen LogP contribution is -1.97. The van der Waals surface area contributed by atoms with Crippen molar-refractivity contribution in [1.29, 1.82) is 0 Å². The maximum Gasteiger partial charge on any atom is 0.313 e. The van der Waals surface area contributed by atoms with Crippen molar-refractivity contribution < 1.29 is 9.90 Å². The molecule has 0 atom stereocenters. The Balaban J connectivity index is 2.45. The molecule has 0 aromatic carbocycles. The van der Waals surface area contributed by atoms with E-state index in [1.165, 1.54) is 11.3 Å². The van der Waals surface area contributed by atoms with Crippen LogP contribution in [0.15, 0.2) is 10.4 Å². The summed E-state index contributed by atoms with van der Waals surface area (Å²) < 4.78 is 0.442. The molecule has 3 nitrogen and oxygen atoms in total. The van der Waals surface area contributed by atoms with Crippen LogP contribution in [0.3, 0.4) is 0 Å². The Morgan fingerprint density at radius 1 is 1.91 bits per heavy atom. The number of thiazole rings is 1. The highest BCUT2D eigenvalue weighted by molar-refractivity contribution is 8.00. The summed E-state index contributed by atoms with van der Waals surface area (Å²) in [6.45, 7) is 0. The minimum absolute atomic E-state index is 0.0278. The number of aromatic nitrogens is 1. The zero-order chi connectivity index (χ0) is 8.27. The van der Waals surface area contributed by atoms with Crippen molar-refractivity contribution in [3.63, 3.8) is 0 Å². The molecule has 0 saturated carbocycles. The van der Waals surface area contributed by atoms with E-state index in [2.05, 4.69) is 4.98 Å². The molecule has 0 unspecified atom stereocenters. The van der Waals surface area contributed by atoms with Crippen molar-refractivity contribution in [3.8, 4) is 0 Å². The van der Waals surface area contributed by atoms with E-state index in [0.717, 1.165) is 11.8 Å². The van der Waals surface area contributed by atoms with Crippen LogP contribution in [-0.4, -0.2) is 21.8 Å². The van der Waals surface area contributed by atoms with Gasteiger partial charge in [0.2, 0.25) is 0 Å². The van der Waals surface area contributed by atoms with Gasteiger partial charge in [-0.15, -0.1) is 11.3 Å². The van der Waals surface area contributed by atoms with Gasteiger partial charge in [0.25, 0.3) is 0 Å². The number of hydrogen-bond acceptors (Lipinski definition) is 4. The van der Waals surface area contributed by atoms with Gasteiger partial charge in [-0.1, -0.05) is 23.4 Å². The van der Waals surface area contributed by atoms with Gasteiger partial charge in [0, 0.05) is 5.38 Å². The molecule has 6 heteroatoms. The van der Waals surface area contributed by atoms with E-state index in [4.69, 9.17) is 16.7 Å². The summed E-state index contributed by atoms with van der Waals surface area (Å²) in [5.74, 6) is -0.820. The number of carboxylic acids is 1. The number of hydrogen-bond donors (Lipinski definition) is 1. The Morgan fingerprint density at radius 3 is 3.09 bits per heavy atom. The SMILES string of the molecule is O=C(O)CSc1csc(Cl)n1. The van der Waals surface area contributed by atoms with Gasteiger partial charge in [0.05, 0.1) is 5.75 Å². The van der Waals surface area contributed by atoms with Crippen molar-refractivity contribution in [2.24, 2.45) is 0 Å². The monoisotopic (exact) mass is 209 g/mol. The topological polar surface area (TPSA) is 50.2 Å². The Hall–Kier alpha value is -0.260. The average Bonchev–Trinajstić information content (AvgIpc) is 2.31. The summed E-state index contributed by atoms with van der Waals surface area (Å²) in [6.07, 6.45) is 0. The van der Waals surface area contributed by atoms with Gasteiger partial charge in [0.15, 0.2) is 4.47 Å². The van der Waals surface area contributed by atoms with E-state index in [1.807, 2.05) is 0 Å². The van der Waals surface area contributed by atoms with Gasteiger partial charge in [0.1, 0.15) is 5.03 Å². The molecule has 1 heterocycles. The zero-order valence-electron chi connectivity index (χ0n) is 5.28. The molecule has 0 spiro atoms. The van der Waals surface area contributed by atoms with E-state index < -0.39 is 5.97 Å². The minimum atomic E-state index is -0.848. The third-order valence-electron chi connectivity index (χ3n) is 0.799. The average molecular weight is 210 g/mol. The highest BCUT2D eigenvalue weighted by atomic mass is 35.5. The standard InChI is InChI=1S/C5H4ClNO2S2/c6-5-7-3(1-11-5)10-2-4(8)9/h1H,2H2,(H,8,9). The van der Waals surface area contributed by atoms with Crippen molar-refractivity contribution in [2.45, 2.75) is 5.03 Å². The van der Waals surface area contributed by atoms with Gasteiger partial charge < -0.3 is 5.11 Å². The molecular formula is C5H4ClNO2S2. The Kier molecular flexibility index (Phi) is 3.16. The highest BCUT2D eigenvalue weighted by Crippen LogP contribution is 2.23. The summed E-state index contributed by atoms with van der Waals surface area (Å²) in [5, 5.41) is 10.7. The van der Waals surface area contributed by atoms with Crippen molar-refractivity contribution in [2.75, 3.05) is 5.75 Å². The number of carbonyl (C=O) groups is 1. The quantitative estimate of drug-likeness (QED) is 0.774. The van der Waals surface area contributed by atoms with Crippen LogP contribution in [-0.2, 0) is 4.79 Å². The fourth-order valence-corrected chi connectivity index (χ4v) is 2.02. The molecule has 1 N–H and O–H groups in total. The molecule has 0 aliphatic heterocycles. The lowest BCUT2D eigenvalue weighted by Gasteiger charge is -1.88. The first-order valence-corrected chi connectivity index (χ1v) is 4.88. The number of halogens is 1. The largest absolute Gasteiger partial charge is 0.481 e. The predicted octanol–water partition coefficient (Wildman–Crippen LogP) is 1.97. The van der Waals surface area contributed by atoms with Crippen LogP contribution in [0.25, 0.3) is 0 Å². The minimum Gasteiger partial charge on any atom is -0.481 e. The van der Waals surface area contributed by atoms with Crippen LogP contribution in [0.2, 0.25) is 4.47 Å². The van der Waals surface area contributed by atoms with Crippen LogP contribution in [0.5, 0.6) is 0 Å². The molecule has 0 saturated heterocycles. The first-order valence-electron chi connectivity index (χ1n) is 2.64. The third-order valence-corrected chi connectivity index (χ3v) is 2.82. The first-order chi connectivity index (χ1) is 5.18. The van der Waals surface area contributed by atoms with Crippen LogP contribution in [0.1, 0.15) is 0 Å². The molecule has 11 heavy (non-hydrogen) atoms. The van der Waals surface area contributed by atoms with Crippen LogP contribution in [0.4, 0.5) is 0 Å². The maximum atomic E-state index is 10.1. The number of aliphatic carboxylic acids is 1. The molecule has 60 valence electrons. The van der Waals surface area contributed by atoms with E-state index in [-0.39, 0.29) is 5.75 Å². The Morgan fingerprint density at radius 2 is 2.64 bits per heavy atom. The molecule has 1 aromatic heterocycles. The number of thioether (sulfide) groups is 1. The predicted molar refractivity (Wildman–Crippen MR) is 45.5 cm³/mol. The molecule has 0 bridgehead atoms. The molecule has 0 aliphatic carbocycles. The molecule has 1 rings (SSSR count). The Labute approximate surface area is 76.4 Å². The van der Waals surface area contributed by atoms with E-state index in [1.54, 1.807) is 5.38 Å². The summed E-state index contributed by atoms with van der Waals surface area (Å²) in [7, 11) is 0. The third kappa shape index (κ3) is 3.09. The fourth-order valence-electron chi connectivity index (χ4n) is 0.440. The van der Waals surface area contributed by atoms with Crippen LogP contribution >= 0.6 is 34.7 Å². The van der Waals surface area contributed by atoms with Gasteiger partial charge in [-0.3, -0.25) is 4.79 Å². The smallest absolute Gasteiger partial charge is 0.313 e. The van der Waals surface area contributed by atoms with Crippen LogP contribution < -0.4 is 0 Å². The fraction of sp³-hybridized carbons (Fsp3) is 0.200. The number of nitrogens with zero attached hydrogens (tertiary/aromatic N) is 1. The van der Waals surface area contributed by atoms with Gasteiger partial charge in [-0.25, -0.2) is 4.98 Å². The normalized spacial score (nSPS) is 9.91. The van der Waals surface area contributed by atoms with Crippen molar-refractivity contribution in [3.05, 3.63) is 9.85 Å². The molecule has 0 amide bonds. The van der Waals surface area contributed by atoms with Crippen molar-refractivity contribution in [1.82, 2.24) is 4.98 Å². The maximum absolute atomic E-state index is 10.1. The summed E-state index contributed by atoms with van der Waals surface area (Å²) in [6, 6.07) is 0. The molecule has 0 aliphatic rings. The van der Waals surface area contributed by atoms with Gasteiger partial charge in [-0.2, -0.15) is 0 Å². The number of rotatable bonds is 3. The van der Waals surface area contributed by atoms with Gasteiger partial charge >= 0.3 is 5.97 Å². The highest BCUT2D eigenvalue weighted by Gasteiger charge is 2.02. The second-order valence-corrected chi connectivity index (χ2v) is 4.06. The molecule has 1 aromatic rings. The van der Waals surface area contributed by atoms with E-state index in [9.17, 15) is 4.79 Å². The zero-order valence-corrected chi connectivity index (χ0v) is 7.67. The van der Waals surface area contributed by atoms with E-state index in [0.29, 0.717) is 9.49 Å².